The maximum atomic E-state index is 12.1. The van der Waals surface area contributed by atoms with Gasteiger partial charge in [0.25, 0.3) is 10.0 Å². The van der Waals surface area contributed by atoms with Gasteiger partial charge in [0.15, 0.2) is 0 Å². The summed E-state index contributed by atoms with van der Waals surface area (Å²) in [7, 11) is -3.72. The molecular weight excluding hydrogens is 288 g/mol. The average molecular weight is 299 g/mol. The molecule has 100 valence electrons. The number of aryl methyl sites for hydroxylation is 1. The number of rotatable bonds is 3. The lowest BCUT2D eigenvalue weighted by Crippen LogP contribution is -2.14. The molecule has 1 aromatic carbocycles. The maximum Gasteiger partial charge on any atom is 0.263 e. The van der Waals surface area contributed by atoms with Gasteiger partial charge in [-0.05, 0) is 31.2 Å². The van der Waals surface area contributed by atoms with E-state index in [9.17, 15) is 8.42 Å². The molecule has 3 N–H and O–H groups in total. The molecule has 0 saturated heterocycles. The highest BCUT2D eigenvalue weighted by molar-refractivity contribution is 7.92. The molecule has 0 atom stereocenters. The number of nitrogens with zero attached hydrogens (tertiary/aromatic N) is 2. The monoisotopic (exact) mass is 298 g/mol. The zero-order valence-corrected chi connectivity index (χ0v) is 11.5. The maximum absolute atomic E-state index is 12.1. The minimum Gasteiger partial charge on any atom is -0.399 e. The summed E-state index contributed by atoms with van der Waals surface area (Å²) in [5.41, 5.74) is 5.99. The number of nitrogen functional groups attached to an aromatic ring is 1. The SMILES string of the molecule is Cc1nc(Cl)cc(NS(=O)(=O)c2ccc(N)cc2)n1. The van der Waals surface area contributed by atoms with Crippen LogP contribution in [-0.4, -0.2) is 18.4 Å². The first kappa shape index (κ1) is 13.6. The van der Waals surface area contributed by atoms with E-state index in [2.05, 4.69) is 14.7 Å². The Labute approximate surface area is 115 Å². The Morgan fingerprint density at radius 3 is 2.42 bits per heavy atom. The second kappa shape index (κ2) is 5.02. The van der Waals surface area contributed by atoms with Gasteiger partial charge in [0.2, 0.25) is 0 Å². The molecule has 0 aliphatic rings. The van der Waals surface area contributed by atoms with Crippen molar-refractivity contribution >= 4 is 33.1 Å². The number of halogens is 1. The summed E-state index contributed by atoms with van der Waals surface area (Å²) in [6.07, 6.45) is 0. The molecule has 19 heavy (non-hydrogen) atoms. The molecule has 0 aliphatic carbocycles. The third-order valence-corrected chi connectivity index (χ3v) is 3.80. The lowest BCUT2D eigenvalue weighted by atomic mass is 10.3. The van der Waals surface area contributed by atoms with Crippen LogP contribution in [0.1, 0.15) is 5.82 Å². The molecule has 0 bridgehead atoms. The summed E-state index contributed by atoms with van der Waals surface area (Å²) in [5.74, 6) is 0.497. The Morgan fingerprint density at radius 1 is 1.21 bits per heavy atom. The molecule has 0 saturated carbocycles. The Bertz CT molecular complexity index is 681. The van der Waals surface area contributed by atoms with Gasteiger partial charge in [-0.3, -0.25) is 4.72 Å². The van der Waals surface area contributed by atoms with Crippen molar-refractivity contribution in [2.75, 3.05) is 10.5 Å². The summed E-state index contributed by atoms with van der Waals surface area (Å²) < 4.78 is 26.5. The first-order chi connectivity index (χ1) is 8.87. The van der Waals surface area contributed by atoms with E-state index in [1.165, 1.54) is 30.3 Å². The number of anilines is 2. The molecule has 0 spiro atoms. The fraction of sp³-hybridized carbons (Fsp3) is 0.0909. The van der Waals surface area contributed by atoms with Crippen molar-refractivity contribution in [2.24, 2.45) is 0 Å². The molecule has 1 aromatic heterocycles. The predicted octanol–water partition coefficient (Wildman–Crippen LogP) is 1.82. The normalized spacial score (nSPS) is 11.3. The first-order valence-corrected chi connectivity index (χ1v) is 7.12. The van der Waals surface area contributed by atoms with Crippen molar-refractivity contribution in [1.29, 1.82) is 0 Å². The predicted molar refractivity (Wildman–Crippen MR) is 73.4 cm³/mol. The second-order valence-corrected chi connectivity index (χ2v) is 5.87. The first-order valence-electron chi connectivity index (χ1n) is 5.26. The molecule has 0 fully saturated rings. The number of aromatic nitrogens is 2. The van der Waals surface area contributed by atoms with Gasteiger partial charge in [-0.15, -0.1) is 0 Å². The Balaban J connectivity index is 2.33. The van der Waals surface area contributed by atoms with Gasteiger partial charge in [-0.1, -0.05) is 11.6 Å². The summed E-state index contributed by atoms with van der Waals surface area (Å²) in [6.45, 7) is 1.62. The van der Waals surface area contributed by atoms with E-state index in [1.54, 1.807) is 6.92 Å². The van der Waals surface area contributed by atoms with Crippen LogP contribution >= 0.6 is 11.6 Å². The van der Waals surface area contributed by atoms with Crippen molar-refractivity contribution in [3.05, 3.63) is 41.3 Å². The topological polar surface area (TPSA) is 98.0 Å². The van der Waals surface area contributed by atoms with Gasteiger partial charge >= 0.3 is 0 Å². The van der Waals surface area contributed by atoms with Crippen molar-refractivity contribution in [1.82, 2.24) is 9.97 Å². The van der Waals surface area contributed by atoms with Gasteiger partial charge in [0.1, 0.15) is 16.8 Å². The Kier molecular flexibility index (Phi) is 3.59. The van der Waals surface area contributed by atoms with Gasteiger partial charge in [0, 0.05) is 11.8 Å². The lowest BCUT2D eigenvalue weighted by molar-refractivity contribution is 0.601. The number of nitrogens with one attached hydrogen (secondary N) is 1. The van der Waals surface area contributed by atoms with Crippen LogP contribution in [0.3, 0.4) is 0 Å². The van der Waals surface area contributed by atoms with Crippen LogP contribution in [0.5, 0.6) is 0 Å². The molecule has 6 nitrogen and oxygen atoms in total. The van der Waals surface area contributed by atoms with Gasteiger partial charge in [-0.25, -0.2) is 18.4 Å². The number of benzene rings is 1. The third-order valence-electron chi connectivity index (χ3n) is 2.24. The molecule has 2 rings (SSSR count). The van der Waals surface area contributed by atoms with Crippen molar-refractivity contribution in [3.8, 4) is 0 Å². The summed E-state index contributed by atoms with van der Waals surface area (Å²) >= 11 is 5.74. The van der Waals surface area contributed by atoms with Crippen LogP contribution in [0.4, 0.5) is 11.5 Å². The van der Waals surface area contributed by atoms with Crippen LogP contribution in [-0.2, 0) is 10.0 Å². The second-order valence-electron chi connectivity index (χ2n) is 3.80. The minimum atomic E-state index is -3.72. The molecule has 2 aromatic rings. The summed E-state index contributed by atoms with van der Waals surface area (Å²) in [6, 6.07) is 7.17. The van der Waals surface area contributed by atoms with E-state index in [0.29, 0.717) is 11.5 Å². The highest BCUT2D eigenvalue weighted by Crippen LogP contribution is 2.17. The third kappa shape index (κ3) is 3.33. The Hall–Kier alpha value is -1.86. The molecule has 0 amide bonds. The van der Waals surface area contributed by atoms with Gasteiger partial charge in [-0.2, -0.15) is 0 Å². The molecule has 0 radical (unpaired) electrons. The van der Waals surface area contributed by atoms with Gasteiger partial charge < -0.3 is 5.73 Å². The van der Waals surface area contributed by atoms with Crippen molar-refractivity contribution in [2.45, 2.75) is 11.8 Å². The number of nitrogens with two attached hydrogens (primary N) is 1. The fourth-order valence-corrected chi connectivity index (χ4v) is 2.64. The zero-order chi connectivity index (χ0) is 14.0. The average Bonchev–Trinajstić information content (AvgIpc) is 2.27. The summed E-state index contributed by atoms with van der Waals surface area (Å²) in [4.78, 5) is 7.90. The molecule has 1 heterocycles. The fourth-order valence-electron chi connectivity index (χ4n) is 1.43. The van der Waals surface area contributed by atoms with Gasteiger partial charge in [0.05, 0.1) is 4.90 Å². The Morgan fingerprint density at radius 2 is 1.84 bits per heavy atom. The quantitative estimate of drug-likeness (QED) is 0.665. The van der Waals surface area contributed by atoms with Crippen LogP contribution in [0.25, 0.3) is 0 Å². The highest BCUT2D eigenvalue weighted by atomic mass is 35.5. The van der Waals surface area contributed by atoms with E-state index in [-0.39, 0.29) is 15.9 Å². The number of sulfonamides is 1. The molecule has 0 aliphatic heterocycles. The molecular formula is C11H11ClN4O2S. The van der Waals surface area contributed by atoms with E-state index in [1.807, 2.05) is 0 Å². The van der Waals surface area contributed by atoms with Crippen LogP contribution in [0, 0.1) is 6.92 Å². The number of hydrogen-bond acceptors (Lipinski definition) is 5. The highest BCUT2D eigenvalue weighted by Gasteiger charge is 2.15. The van der Waals surface area contributed by atoms with Crippen LogP contribution in [0.2, 0.25) is 5.15 Å². The standard InChI is InChI=1S/C11H11ClN4O2S/c1-7-14-10(12)6-11(15-7)16-19(17,18)9-4-2-8(13)3-5-9/h2-6H,13H2,1H3,(H,14,15,16). The van der Waals surface area contributed by atoms with E-state index >= 15 is 0 Å². The van der Waals surface area contributed by atoms with Crippen molar-refractivity contribution in [3.63, 3.8) is 0 Å². The van der Waals surface area contributed by atoms with Crippen LogP contribution < -0.4 is 10.5 Å². The summed E-state index contributed by atoms with van der Waals surface area (Å²) in [5, 5.41) is 0.169. The number of hydrogen-bond donors (Lipinski definition) is 2. The minimum absolute atomic E-state index is 0.0917. The largest absolute Gasteiger partial charge is 0.399 e. The lowest BCUT2D eigenvalue weighted by Gasteiger charge is -2.08. The molecule has 8 heteroatoms. The van der Waals surface area contributed by atoms with Crippen molar-refractivity contribution < 1.29 is 8.42 Å². The van der Waals surface area contributed by atoms with E-state index < -0.39 is 10.0 Å². The van der Waals surface area contributed by atoms with E-state index in [0.717, 1.165) is 0 Å². The van der Waals surface area contributed by atoms with Crippen LogP contribution in [0.15, 0.2) is 35.2 Å². The smallest absolute Gasteiger partial charge is 0.263 e. The zero-order valence-electron chi connectivity index (χ0n) is 9.96. The van der Waals surface area contributed by atoms with E-state index in [4.69, 9.17) is 17.3 Å². The molecule has 0 unspecified atom stereocenters.